The summed E-state index contributed by atoms with van der Waals surface area (Å²) in [6.45, 7) is 5.28. The summed E-state index contributed by atoms with van der Waals surface area (Å²) in [4.78, 5) is 30.1. The Morgan fingerprint density at radius 2 is 1.05 bits per heavy atom. The molecule has 4 aliphatic heterocycles. The normalized spacial score (nSPS) is 29.8. The largest absolute Gasteiger partial charge is 0.354 e. The number of nitrogens with one attached hydrogen (secondary N) is 2. The van der Waals surface area contributed by atoms with Crippen molar-refractivity contribution in [3.05, 3.63) is 71.8 Å². The van der Waals surface area contributed by atoms with Crippen molar-refractivity contribution < 1.29 is 28.5 Å². The molecule has 4 heterocycles. The van der Waals surface area contributed by atoms with Crippen molar-refractivity contribution in [2.75, 3.05) is 39.3 Å². The Bertz CT molecular complexity index is 1050. The molecule has 214 valence electrons. The van der Waals surface area contributed by atoms with Gasteiger partial charge in [-0.2, -0.15) is 0 Å². The molecule has 6 unspecified atom stereocenters. The maximum atomic E-state index is 12.8. The van der Waals surface area contributed by atoms with Gasteiger partial charge >= 0.3 is 0 Å². The fourth-order valence-electron chi connectivity index (χ4n) is 5.91. The van der Waals surface area contributed by atoms with E-state index in [4.69, 9.17) is 18.9 Å². The molecule has 6 rings (SSSR count). The van der Waals surface area contributed by atoms with Crippen LogP contribution in [0.25, 0.3) is 0 Å². The molecule has 4 bridgehead atoms. The number of hydrogen-bond acceptors (Lipinski definition) is 8. The first-order valence-electron chi connectivity index (χ1n) is 14.3. The van der Waals surface area contributed by atoms with Gasteiger partial charge in [-0.05, 0) is 24.0 Å². The number of morpholine rings is 2. The summed E-state index contributed by atoms with van der Waals surface area (Å²) >= 11 is 0. The van der Waals surface area contributed by atoms with Crippen molar-refractivity contribution in [3.8, 4) is 0 Å². The van der Waals surface area contributed by atoms with E-state index in [-0.39, 0.29) is 36.6 Å². The number of carbonyl (C=O) groups excluding carboxylic acids is 2. The van der Waals surface area contributed by atoms with Gasteiger partial charge in [-0.15, -0.1) is 0 Å². The van der Waals surface area contributed by atoms with E-state index in [0.29, 0.717) is 39.3 Å². The highest BCUT2D eigenvalue weighted by Gasteiger charge is 2.46. The van der Waals surface area contributed by atoms with Crippen molar-refractivity contribution in [1.82, 2.24) is 20.4 Å². The quantitative estimate of drug-likeness (QED) is 0.404. The number of nitrogens with zero attached hydrogens (tertiary/aromatic N) is 2. The van der Waals surface area contributed by atoms with Gasteiger partial charge < -0.3 is 29.6 Å². The number of unbranched alkanes of at least 4 members (excludes halogenated alkanes) is 1. The second-order valence-corrected chi connectivity index (χ2v) is 11.0. The Morgan fingerprint density at radius 3 is 1.48 bits per heavy atom. The summed E-state index contributed by atoms with van der Waals surface area (Å²) in [5.74, 6) is -0.274. The third kappa shape index (κ3) is 6.71. The molecule has 40 heavy (non-hydrogen) atoms. The van der Waals surface area contributed by atoms with Crippen molar-refractivity contribution in [1.29, 1.82) is 0 Å². The fraction of sp³-hybridized carbons (Fsp3) is 0.533. The van der Waals surface area contributed by atoms with E-state index < -0.39 is 12.2 Å². The minimum atomic E-state index is -0.592. The zero-order valence-corrected chi connectivity index (χ0v) is 22.7. The number of benzene rings is 2. The maximum Gasteiger partial charge on any atom is 0.252 e. The number of carbonyl (C=O) groups is 2. The molecule has 0 saturated carbocycles. The molecule has 6 atom stereocenters. The molecule has 0 radical (unpaired) electrons. The van der Waals surface area contributed by atoms with E-state index >= 15 is 0 Å². The average Bonchev–Trinajstić information content (AvgIpc) is 3.44. The number of fused-ring (bicyclic) bond motifs is 4. The summed E-state index contributed by atoms with van der Waals surface area (Å²) in [7, 11) is 0. The second kappa shape index (κ2) is 12.8. The second-order valence-electron chi connectivity index (χ2n) is 11.0. The summed E-state index contributed by atoms with van der Waals surface area (Å²) < 4.78 is 23.6. The zero-order chi connectivity index (χ0) is 27.3. The number of hydrogen-bond donors (Lipinski definition) is 2. The fourth-order valence-corrected chi connectivity index (χ4v) is 5.91. The third-order valence-electron chi connectivity index (χ3n) is 7.83. The van der Waals surface area contributed by atoms with Crippen LogP contribution in [0.2, 0.25) is 0 Å². The minimum Gasteiger partial charge on any atom is -0.354 e. The molecule has 2 N–H and O–H groups in total. The Balaban J connectivity index is 0.863. The molecule has 10 nitrogen and oxygen atoms in total. The minimum absolute atomic E-state index is 0.137. The van der Waals surface area contributed by atoms with Crippen molar-refractivity contribution >= 4 is 11.8 Å². The predicted molar refractivity (Wildman–Crippen MR) is 146 cm³/mol. The van der Waals surface area contributed by atoms with Crippen LogP contribution in [-0.4, -0.2) is 97.9 Å². The van der Waals surface area contributed by atoms with Crippen LogP contribution < -0.4 is 10.6 Å². The molecule has 2 amide bonds. The van der Waals surface area contributed by atoms with Crippen LogP contribution in [-0.2, 0) is 41.6 Å². The van der Waals surface area contributed by atoms with Crippen molar-refractivity contribution in [2.45, 2.75) is 62.9 Å². The first kappa shape index (κ1) is 27.3. The van der Waals surface area contributed by atoms with Gasteiger partial charge in [0.05, 0.1) is 13.1 Å². The molecule has 0 aliphatic carbocycles. The lowest BCUT2D eigenvalue weighted by molar-refractivity contribution is -0.135. The molecule has 0 spiro atoms. The number of ether oxygens (including phenoxy) is 4. The maximum absolute atomic E-state index is 12.8. The lowest BCUT2D eigenvalue weighted by Crippen LogP contribution is -2.47. The van der Waals surface area contributed by atoms with E-state index in [2.05, 4.69) is 44.7 Å². The van der Waals surface area contributed by atoms with Crippen LogP contribution in [0.1, 0.15) is 24.0 Å². The van der Waals surface area contributed by atoms with Gasteiger partial charge in [-0.1, -0.05) is 60.7 Å². The average molecular weight is 551 g/mol. The van der Waals surface area contributed by atoms with E-state index in [1.165, 1.54) is 11.1 Å². The van der Waals surface area contributed by atoms with Crippen molar-refractivity contribution in [2.24, 2.45) is 0 Å². The molecule has 0 aromatic heterocycles. The summed E-state index contributed by atoms with van der Waals surface area (Å²) in [6, 6.07) is 20.6. The first-order valence-corrected chi connectivity index (χ1v) is 14.3. The SMILES string of the molecule is O=C(NCCCCNC(=O)C1OC2CN(Cc3ccccc3)CC1O2)C1OC2CN(Cc3ccccc3)CC1O2. The van der Waals surface area contributed by atoms with E-state index in [1.807, 2.05) is 36.4 Å². The van der Waals surface area contributed by atoms with E-state index in [0.717, 1.165) is 25.9 Å². The predicted octanol–water partition coefficient (Wildman–Crippen LogP) is 1.25. The van der Waals surface area contributed by atoms with Crippen molar-refractivity contribution in [3.63, 3.8) is 0 Å². The van der Waals surface area contributed by atoms with Crippen LogP contribution in [0.15, 0.2) is 60.7 Å². The smallest absolute Gasteiger partial charge is 0.252 e. The van der Waals surface area contributed by atoms with E-state index in [9.17, 15) is 9.59 Å². The molecule has 10 heteroatoms. The van der Waals surface area contributed by atoms with Gasteiger partial charge in [0.2, 0.25) is 0 Å². The summed E-state index contributed by atoms with van der Waals surface area (Å²) in [6.07, 6.45) is -0.979. The topological polar surface area (TPSA) is 102 Å². The van der Waals surface area contributed by atoms with Crippen LogP contribution in [0.3, 0.4) is 0 Å². The van der Waals surface area contributed by atoms with Gasteiger partial charge in [-0.25, -0.2) is 0 Å². The summed E-state index contributed by atoms with van der Waals surface area (Å²) in [5, 5.41) is 5.95. The molecule has 2 aromatic carbocycles. The molecule has 2 aromatic rings. The Labute approximate surface area is 234 Å². The van der Waals surface area contributed by atoms with Gasteiger partial charge in [0.25, 0.3) is 11.8 Å². The van der Waals surface area contributed by atoms with Crippen LogP contribution in [0, 0.1) is 0 Å². The molecular formula is C30H38N4O6. The van der Waals surface area contributed by atoms with Crippen LogP contribution >= 0.6 is 0 Å². The molecule has 4 saturated heterocycles. The molecular weight excluding hydrogens is 512 g/mol. The summed E-state index contributed by atoms with van der Waals surface area (Å²) in [5.41, 5.74) is 2.47. The monoisotopic (exact) mass is 550 g/mol. The highest BCUT2D eigenvalue weighted by Crippen LogP contribution is 2.28. The Kier molecular flexibility index (Phi) is 8.71. The van der Waals surface area contributed by atoms with Gasteiger partial charge in [-0.3, -0.25) is 19.4 Å². The number of rotatable bonds is 11. The lowest BCUT2D eigenvalue weighted by atomic mass is 10.1. The highest BCUT2D eigenvalue weighted by molar-refractivity contribution is 5.82. The van der Waals surface area contributed by atoms with Gasteiger partial charge in [0.15, 0.2) is 24.8 Å². The zero-order valence-electron chi connectivity index (χ0n) is 22.7. The standard InChI is InChI=1S/C30H38N4O6/c35-29(27-23-17-33(19-25(37-23)39-27)15-21-9-3-1-4-10-21)31-13-7-8-14-32-30(36)28-24-18-34(20-26(38-24)40-28)16-22-11-5-2-6-12-22/h1-6,9-12,23-28H,7-8,13-20H2,(H,31,35)(H,32,36). The van der Waals surface area contributed by atoms with Crippen LogP contribution in [0.4, 0.5) is 0 Å². The van der Waals surface area contributed by atoms with Crippen LogP contribution in [0.5, 0.6) is 0 Å². The third-order valence-corrected chi connectivity index (χ3v) is 7.83. The Hall–Kier alpha value is -2.86. The first-order chi connectivity index (χ1) is 19.6. The number of amides is 2. The van der Waals surface area contributed by atoms with Gasteiger partial charge in [0.1, 0.15) is 12.2 Å². The Morgan fingerprint density at radius 1 is 0.625 bits per heavy atom. The molecule has 4 fully saturated rings. The van der Waals surface area contributed by atoms with Gasteiger partial charge in [0, 0.05) is 39.3 Å². The van der Waals surface area contributed by atoms with E-state index in [1.54, 1.807) is 0 Å². The molecule has 4 aliphatic rings. The highest BCUT2D eigenvalue weighted by atomic mass is 16.7. The lowest BCUT2D eigenvalue weighted by Gasteiger charge is -2.30.